The van der Waals surface area contributed by atoms with E-state index < -0.39 is 5.54 Å². The number of rotatable bonds is 7. The summed E-state index contributed by atoms with van der Waals surface area (Å²) in [5.74, 6) is -1.40. The fourth-order valence-electron chi connectivity index (χ4n) is 3.88. The van der Waals surface area contributed by atoms with Gasteiger partial charge < -0.3 is 20.1 Å². The number of carbonyl (C=O) groups is 3. The molecule has 1 unspecified atom stereocenters. The Bertz CT molecular complexity index is 1010. The molecule has 1 atom stereocenters. The summed E-state index contributed by atoms with van der Waals surface area (Å²) in [7, 11) is 0. The molecule has 1 aromatic carbocycles. The van der Waals surface area contributed by atoms with Gasteiger partial charge in [-0.2, -0.15) is 0 Å². The first kappa shape index (κ1) is 21.0. The van der Waals surface area contributed by atoms with E-state index >= 15 is 0 Å². The molecule has 3 amide bonds. The summed E-state index contributed by atoms with van der Waals surface area (Å²) in [6.07, 6.45) is 3.97. The molecule has 0 spiro atoms. The van der Waals surface area contributed by atoms with Crippen molar-refractivity contribution in [2.45, 2.75) is 57.8 Å². The van der Waals surface area contributed by atoms with Crippen LogP contribution in [0.15, 0.2) is 30.6 Å². The molecule has 8 nitrogen and oxygen atoms in total. The average Bonchev–Trinajstić information content (AvgIpc) is 3.46. The zero-order valence-electron chi connectivity index (χ0n) is 17.7. The first-order chi connectivity index (χ1) is 14.8. The maximum absolute atomic E-state index is 13.4. The molecule has 1 fully saturated rings. The standard InChI is InChI=1S/C22H26FN5O3/c1-3-10-28-20(30)18-17(19(29)26-16-8-9-16)25-13-27(18)12-22(28,2)21(31)24-11-14-4-6-15(23)7-5-14/h4-7,13,16H,3,8-12H2,1-2H3,(H,24,31)(H,26,29). The zero-order valence-corrected chi connectivity index (χ0v) is 17.7. The molecule has 2 aromatic rings. The number of amides is 3. The molecule has 2 heterocycles. The van der Waals surface area contributed by atoms with Crippen molar-refractivity contribution in [3.05, 3.63) is 53.4 Å². The van der Waals surface area contributed by atoms with Gasteiger partial charge >= 0.3 is 0 Å². The lowest BCUT2D eigenvalue weighted by Crippen LogP contribution is -2.64. The van der Waals surface area contributed by atoms with Crippen LogP contribution in [0, 0.1) is 5.82 Å². The van der Waals surface area contributed by atoms with Crippen LogP contribution in [-0.4, -0.2) is 50.3 Å². The fourth-order valence-corrected chi connectivity index (χ4v) is 3.88. The third-order valence-corrected chi connectivity index (χ3v) is 5.79. The number of carbonyl (C=O) groups excluding carboxylic acids is 3. The molecule has 0 saturated heterocycles. The lowest BCUT2D eigenvalue weighted by atomic mass is 9.94. The van der Waals surface area contributed by atoms with Gasteiger partial charge in [-0.1, -0.05) is 19.1 Å². The second-order valence-corrected chi connectivity index (χ2v) is 8.36. The molecule has 4 rings (SSSR count). The average molecular weight is 427 g/mol. The Morgan fingerprint density at radius 2 is 1.97 bits per heavy atom. The van der Waals surface area contributed by atoms with Crippen LogP contribution in [0.3, 0.4) is 0 Å². The zero-order chi connectivity index (χ0) is 22.2. The predicted octanol–water partition coefficient (Wildman–Crippen LogP) is 1.86. The van der Waals surface area contributed by atoms with Crippen molar-refractivity contribution in [3.63, 3.8) is 0 Å². The Hall–Kier alpha value is -3.23. The second-order valence-electron chi connectivity index (χ2n) is 8.36. The Morgan fingerprint density at radius 1 is 1.26 bits per heavy atom. The number of nitrogens with one attached hydrogen (secondary N) is 2. The maximum Gasteiger partial charge on any atom is 0.273 e. The molecule has 2 N–H and O–H groups in total. The van der Waals surface area contributed by atoms with Gasteiger partial charge in [-0.05, 0) is 43.9 Å². The summed E-state index contributed by atoms with van der Waals surface area (Å²) in [5, 5.41) is 5.73. The van der Waals surface area contributed by atoms with Crippen molar-refractivity contribution in [3.8, 4) is 0 Å². The predicted molar refractivity (Wildman–Crippen MR) is 111 cm³/mol. The van der Waals surface area contributed by atoms with Crippen molar-refractivity contribution in [1.29, 1.82) is 0 Å². The van der Waals surface area contributed by atoms with E-state index in [0.717, 1.165) is 18.4 Å². The highest BCUT2D eigenvalue weighted by Gasteiger charge is 2.48. The van der Waals surface area contributed by atoms with Crippen molar-refractivity contribution in [2.75, 3.05) is 6.54 Å². The molecule has 31 heavy (non-hydrogen) atoms. The van der Waals surface area contributed by atoms with Crippen LogP contribution in [0.25, 0.3) is 0 Å². The molecular formula is C22H26FN5O3. The first-order valence-electron chi connectivity index (χ1n) is 10.5. The lowest BCUT2D eigenvalue weighted by molar-refractivity contribution is -0.133. The number of benzene rings is 1. The highest BCUT2D eigenvalue weighted by atomic mass is 19.1. The molecule has 1 saturated carbocycles. The molecular weight excluding hydrogens is 401 g/mol. The van der Waals surface area contributed by atoms with Crippen molar-refractivity contribution >= 4 is 17.7 Å². The smallest absolute Gasteiger partial charge is 0.273 e. The van der Waals surface area contributed by atoms with Crippen molar-refractivity contribution in [1.82, 2.24) is 25.1 Å². The molecule has 1 aliphatic carbocycles. The van der Waals surface area contributed by atoms with E-state index in [-0.39, 0.29) is 54.1 Å². The lowest BCUT2D eigenvalue weighted by Gasteiger charge is -2.43. The molecule has 2 aliphatic rings. The van der Waals surface area contributed by atoms with E-state index in [1.54, 1.807) is 23.6 Å². The van der Waals surface area contributed by atoms with Gasteiger partial charge in [0, 0.05) is 19.1 Å². The molecule has 1 aromatic heterocycles. The van der Waals surface area contributed by atoms with Crippen LogP contribution in [0.4, 0.5) is 4.39 Å². The first-order valence-corrected chi connectivity index (χ1v) is 10.5. The summed E-state index contributed by atoms with van der Waals surface area (Å²) in [6.45, 7) is 4.42. The Kier molecular flexibility index (Phi) is 5.51. The van der Waals surface area contributed by atoms with Crippen LogP contribution < -0.4 is 10.6 Å². The third-order valence-electron chi connectivity index (χ3n) is 5.79. The normalized spacial score (nSPS) is 20.4. The van der Waals surface area contributed by atoms with Crippen LogP contribution in [0.5, 0.6) is 0 Å². The topological polar surface area (TPSA) is 96.3 Å². The van der Waals surface area contributed by atoms with Crippen LogP contribution in [0.1, 0.15) is 59.7 Å². The molecule has 1 aliphatic heterocycles. The SMILES string of the molecule is CCCN1C(=O)c2c(C(=O)NC3CC3)ncn2CC1(C)C(=O)NCc1ccc(F)cc1. The summed E-state index contributed by atoms with van der Waals surface area (Å²) in [4.78, 5) is 44.9. The number of halogens is 1. The number of nitrogens with zero attached hydrogens (tertiary/aromatic N) is 3. The molecule has 9 heteroatoms. The van der Waals surface area contributed by atoms with Gasteiger partial charge in [-0.3, -0.25) is 14.4 Å². The Labute approximate surface area is 179 Å². The van der Waals surface area contributed by atoms with Gasteiger partial charge in [0.05, 0.1) is 12.9 Å². The maximum atomic E-state index is 13.4. The van der Waals surface area contributed by atoms with Gasteiger partial charge in [0.2, 0.25) is 5.91 Å². The summed E-state index contributed by atoms with van der Waals surface area (Å²) < 4.78 is 14.7. The molecule has 164 valence electrons. The fraction of sp³-hybridized carbons (Fsp3) is 0.455. The van der Waals surface area contributed by atoms with Crippen LogP contribution >= 0.6 is 0 Å². The van der Waals surface area contributed by atoms with E-state index in [9.17, 15) is 18.8 Å². The third kappa shape index (κ3) is 4.04. The Balaban J connectivity index is 1.57. The number of imidazole rings is 1. The van der Waals surface area contributed by atoms with Gasteiger partial charge in [-0.15, -0.1) is 0 Å². The monoisotopic (exact) mass is 427 g/mol. The van der Waals surface area contributed by atoms with E-state index in [1.807, 2.05) is 6.92 Å². The van der Waals surface area contributed by atoms with E-state index in [4.69, 9.17) is 0 Å². The van der Waals surface area contributed by atoms with Gasteiger partial charge in [0.25, 0.3) is 11.8 Å². The minimum Gasteiger partial charge on any atom is -0.350 e. The van der Waals surface area contributed by atoms with Crippen molar-refractivity contribution < 1.29 is 18.8 Å². The largest absolute Gasteiger partial charge is 0.350 e. The highest BCUT2D eigenvalue weighted by Crippen LogP contribution is 2.29. The highest BCUT2D eigenvalue weighted by molar-refractivity contribution is 6.07. The number of hydrogen-bond donors (Lipinski definition) is 2. The van der Waals surface area contributed by atoms with E-state index in [0.29, 0.717) is 13.0 Å². The van der Waals surface area contributed by atoms with Gasteiger partial charge in [0.15, 0.2) is 5.69 Å². The Morgan fingerprint density at radius 3 is 2.61 bits per heavy atom. The summed E-state index contributed by atoms with van der Waals surface area (Å²) >= 11 is 0. The second kappa shape index (κ2) is 8.13. The van der Waals surface area contributed by atoms with E-state index in [1.165, 1.54) is 23.4 Å². The summed E-state index contributed by atoms with van der Waals surface area (Å²) in [5.41, 5.74) is -0.0718. The van der Waals surface area contributed by atoms with Crippen LogP contribution in [0.2, 0.25) is 0 Å². The minimum atomic E-state index is -1.15. The van der Waals surface area contributed by atoms with E-state index in [2.05, 4.69) is 15.6 Å². The number of hydrogen-bond acceptors (Lipinski definition) is 4. The van der Waals surface area contributed by atoms with Gasteiger partial charge in [-0.25, -0.2) is 9.37 Å². The number of aromatic nitrogens is 2. The quantitative estimate of drug-likeness (QED) is 0.705. The van der Waals surface area contributed by atoms with Gasteiger partial charge in [0.1, 0.15) is 17.1 Å². The summed E-state index contributed by atoms with van der Waals surface area (Å²) in [6, 6.07) is 6.03. The molecule has 0 radical (unpaired) electrons. The number of fused-ring (bicyclic) bond motifs is 1. The van der Waals surface area contributed by atoms with Crippen molar-refractivity contribution in [2.24, 2.45) is 0 Å². The molecule has 0 bridgehead atoms. The minimum absolute atomic E-state index is 0.103. The van der Waals surface area contributed by atoms with Crippen LogP contribution in [-0.2, 0) is 17.9 Å².